The third-order valence-corrected chi connectivity index (χ3v) is 9.43. The highest BCUT2D eigenvalue weighted by Crippen LogP contribution is 2.47. The van der Waals surface area contributed by atoms with E-state index in [1.807, 2.05) is 0 Å². The van der Waals surface area contributed by atoms with Crippen molar-refractivity contribution in [2.24, 2.45) is 5.41 Å². The fraction of sp³-hybridized carbons (Fsp3) is 0.548. The van der Waals surface area contributed by atoms with E-state index in [0.717, 1.165) is 62.1 Å². The average molecular weight is 545 g/mol. The summed E-state index contributed by atoms with van der Waals surface area (Å²) in [6, 6.07) is 11.2. The molecule has 2 atom stereocenters. The van der Waals surface area contributed by atoms with Crippen molar-refractivity contribution in [3.63, 3.8) is 0 Å². The molecule has 0 bridgehead atoms. The van der Waals surface area contributed by atoms with Crippen molar-refractivity contribution in [1.29, 1.82) is 5.26 Å². The summed E-state index contributed by atoms with van der Waals surface area (Å²) in [7, 11) is 2.13. The first kappa shape index (κ1) is 26.7. The van der Waals surface area contributed by atoms with Gasteiger partial charge in [-0.3, -0.25) is 4.79 Å². The Morgan fingerprint density at radius 3 is 2.62 bits per heavy atom. The van der Waals surface area contributed by atoms with Gasteiger partial charge in [0.15, 0.2) is 5.83 Å². The lowest BCUT2D eigenvalue weighted by Gasteiger charge is -2.42. The molecular weight excluding hydrogens is 507 g/mol. The summed E-state index contributed by atoms with van der Waals surface area (Å²) in [5.41, 5.74) is 5.22. The number of nitriles is 1. The molecule has 0 saturated carbocycles. The summed E-state index contributed by atoms with van der Waals surface area (Å²) in [4.78, 5) is 28.3. The van der Waals surface area contributed by atoms with Crippen LogP contribution in [-0.2, 0) is 30.5 Å². The van der Waals surface area contributed by atoms with Crippen molar-refractivity contribution in [2.75, 3.05) is 44.7 Å². The SMILES string of the molecule is C=C(F)C(=O)N1CCN(c2nc(OCC3CCCN3C)nc3c2CCC2(Cc4ccccc4C2)C3)CC1CC#N. The summed E-state index contributed by atoms with van der Waals surface area (Å²) in [5, 5.41) is 9.46. The first-order valence-electron chi connectivity index (χ1n) is 14.4. The van der Waals surface area contributed by atoms with Crippen LogP contribution in [0.1, 0.15) is 48.1 Å². The highest BCUT2D eigenvalue weighted by molar-refractivity contribution is 5.91. The van der Waals surface area contributed by atoms with E-state index < -0.39 is 17.8 Å². The van der Waals surface area contributed by atoms with Crippen molar-refractivity contribution < 1.29 is 13.9 Å². The molecule has 0 N–H and O–H groups in total. The Bertz CT molecular complexity index is 1330. The fourth-order valence-electron chi connectivity index (χ4n) is 7.24. The van der Waals surface area contributed by atoms with Gasteiger partial charge in [-0.2, -0.15) is 15.2 Å². The molecule has 1 aromatic heterocycles. The second kappa shape index (κ2) is 10.8. The number of nitrogens with zero attached hydrogens (tertiary/aromatic N) is 6. The zero-order chi connectivity index (χ0) is 27.9. The van der Waals surface area contributed by atoms with Gasteiger partial charge in [0.2, 0.25) is 0 Å². The van der Waals surface area contributed by atoms with Gasteiger partial charge in [-0.1, -0.05) is 30.8 Å². The Labute approximate surface area is 235 Å². The molecule has 2 aliphatic carbocycles. The number of likely N-dealkylation sites (N-methyl/N-ethyl adjacent to an activating group) is 1. The van der Waals surface area contributed by atoms with Crippen LogP contribution in [0.5, 0.6) is 6.01 Å². The molecule has 2 fully saturated rings. The molecule has 1 amide bonds. The number of aromatic nitrogens is 2. The van der Waals surface area contributed by atoms with E-state index in [-0.39, 0.29) is 11.8 Å². The molecule has 1 aromatic carbocycles. The summed E-state index contributed by atoms with van der Waals surface area (Å²) in [6.45, 7) is 5.99. The minimum atomic E-state index is -0.994. The van der Waals surface area contributed by atoms with Crippen LogP contribution < -0.4 is 9.64 Å². The molecule has 4 aliphatic rings. The molecule has 0 radical (unpaired) electrons. The Balaban J connectivity index is 1.30. The number of amides is 1. The summed E-state index contributed by atoms with van der Waals surface area (Å²) in [6.07, 6.45) is 7.29. The molecule has 210 valence electrons. The lowest BCUT2D eigenvalue weighted by molar-refractivity contribution is -0.131. The number of carbonyl (C=O) groups excluding carboxylic acids is 1. The van der Waals surface area contributed by atoms with Gasteiger partial charge in [-0.15, -0.1) is 0 Å². The Hall–Kier alpha value is -3.51. The van der Waals surface area contributed by atoms with E-state index in [1.165, 1.54) is 22.4 Å². The lowest BCUT2D eigenvalue weighted by atomic mass is 9.71. The zero-order valence-electron chi connectivity index (χ0n) is 23.2. The molecule has 6 rings (SSSR count). The third-order valence-electron chi connectivity index (χ3n) is 9.43. The minimum absolute atomic E-state index is 0.113. The number of fused-ring (bicyclic) bond motifs is 2. The van der Waals surface area contributed by atoms with Gasteiger partial charge < -0.3 is 19.4 Å². The standard InChI is InChI=1S/C31H37FN6O2/c1-21(32)29(39)38-15-14-37(19-24(38)10-12-33)28-26-9-11-31(16-22-6-3-4-7-23(22)17-31)18-27(26)34-30(35-28)40-20-25-8-5-13-36(25)2/h3-4,6-7,24-25H,1,5,8-11,13-20H2,2H3. The number of piperazine rings is 1. The van der Waals surface area contributed by atoms with Crippen LogP contribution in [0, 0.1) is 16.7 Å². The number of hydrogen-bond donors (Lipinski definition) is 0. The number of hydrogen-bond acceptors (Lipinski definition) is 7. The number of carbonyl (C=O) groups is 1. The summed E-state index contributed by atoms with van der Waals surface area (Å²) in [5.74, 6) is -0.900. The maximum absolute atomic E-state index is 13.8. The van der Waals surface area contributed by atoms with Gasteiger partial charge in [0.05, 0.1) is 24.2 Å². The van der Waals surface area contributed by atoms with Gasteiger partial charge in [-0.05, 0) is 75.1 Å². The molecule has 9 heteroatoms. The molecule has 2 aromatic rings. The predicted octanol–water partition coefficient (Wildman–Crippen LogP) is 3.64. The van der Waals surface area contributed by atoms with E-state index in [0.29, 0.717) is 38.3 Å². The molecule has 2 saturated heterocycles. The maximum Gasteiger partial charge on any atom is 0.318 e. The van der Waals surface area contributed by atoms with Crippen molar-refractivity contribution in [1.82, 2.24) is 19.8 Å². The van der Waals surface area contributed by atoms with Gasteiger partial charge >= 0.3 is 6.01 Å². The van der Waals surface area contributed by atoms with E-state index >= 15 is 0 Å². The second-order valence-electron chi connectivity index (χ2n) is 12.0. The van der Waals surface area contributed by atoms with Crippen molar-refractivity contribution in [3.8, 4) is 12.1 Å². The molecule has 3 heterocycles. The van der Waals surface area contributed by atoms with Gasteiger partial charge in [-0.25, -0.2) is 4.39 Å². The van der Waals surface area contributed by atoms with Crippen LogP contribution in [0.3, 0.4) is 0 Å². The number of rotatable bonds is 6. The number of likely N-dealkylation sites (tertiary alicyclic amines) is 1. The Kier molecular flexibility index (Phi) is 7.22. The molecule has 8 nitrogen and oxygen atoms in total. The predicted molar refractivity (Wildman–Crippen MR) is 150 cm³/mol. The smallest absolute Gasteiger partial charge is 0.318 e. The van der Waals surface area contributed by atoms with Crippen LogP contribution in [0.15, 0.2) is 36.7 Å². The molecule has 2 unspecified atom stereocenters. The number of anilines is 1. The highest BCUT2D eigenvalue weighted by atomic mass is 19.1. The number of halogens is 1. The van der Waals surface area contributed by atoms with E-state index in [2.05, 4.69) is 53.8 Å². The van der Waals surface area contributed by atoms with Crippen LogP contribution in [0.25, 0.3) is 0 Å². The zero-order valence-corrected chi connectivity index (χ0v) is 23.2. The van der Waals surface area contributed by atoms with E-state index in [1.54, 1.807) is 0 Å². The largest absolute Gasteiger partial charge is 0.462 e. The monoisotopic (exact) mass is 544 g/mol. The van der Waals surface area contributed by atoms with Crippen molar-refractivity contribution >= 4 is 11.7 Å². The maximum atomic E-state index is 13.8. The van der Waals surface area contributed by atoms with E-state index in [9.17, 15) is 14.4 Å². The second-order valence-corrected chi connectivity index (χ2v) is 12.0. The topological polar surface area (TPSA) is 85.6 Å². The lowest BCUT2D eigenvalue weighted by Crippen LogP contribution is -2.55. The van der Waals surface area contributed by atoms with Crippen LogP contribution >= 0.6 is 0 Å². The average Bonchev–Trinajstić information content (AvgIpc) is 3.52. The van der Waals surface area contributed by atoms with Gasteiger partial charge in [0.25, 0.3) is 5.91 Å². The van der Waals surface area contributed by atoms with Gasteiger partial charge in [0, 0.05) is 31.2 Å². The highest BCUT2D eigenvalue weighted by Gasteiger charge is 2.42. The number of ether oxygens (including phenoxy) is 1. The molecular formula is C31H37FN6O2. The van der Waals surface area contributed by atoms with Gasteiger partial charge in [0.1, 0.15) is 12.4 Å². The van der Waals surface area contributed by atoms with Crippen LogP contribution in [0.4, 0.5) is 10.2 Å². The van der Waals surface area contributed by atoms with Crippen LogP contribution in [0.2, 0.25) is 0 Å². The first-order valence-corrected chi connectivity index (χ1v) is 14.4. The molecule has 40 heavy (non-hydrogen) atoms. The summed E-state index contributed by atoms with van der Waals surface area (Å²) >= 11 is 0. The van der Waals surface area contributed by atoms with Crippen molar-refractivity contribution in [3.05, 3.63) is 59.1 Å². The normalized spacial score (nSPS) is 23.5. The van der Waals surface area contributed by atoms with Crippen molar-refractivity contribution in [2.45, 2.75) is 63.5 Å². The third kappa shape index (κ3) is 5.05. The minimum Gasteiger partial charge on any atom is -0.462 e. The van der Waals surface area contributed by atoms with E-state index in [4.69, 9.17) is 14.7 Å². The Morgan fingerprint density at radius 2 is 1.95 bits per heavy atom. The first-order chi connectivity index (χ1) is 19.4. The summed E-state index contributed by atoms with van der Waals surface area (Å²) < 4.78 is 20.0. The van der Waals surface area contributed by atoms with Crippen LogP contribution in [-0.4, -0.2) is 77.6 Å². The molecule has 2 aliphatic heterocycles. The Morgan fingerprint density at radius 1 is 1.18 bits per heavy atom. The number of benzene rings is 1. The quantitative estimate of drug-likeness (QED) is 0.514. The fourth-order valence-corrected chi connectivity index (χ4v) is 7.24. The molecule has 1 spiro atoms.